The summed E-state index contributed by atoms with van der Waals surface area (Å²) in [6.07, 6.45) is 4.48. The summed E-state index contributed by atoms with van der Waals surface area (Å²) in [5.41, 5.74) is 0.832. The summed E-state index contributed by atoms with van der Waals surface area (Å²) < 4.78 is 0. The van der Waals surface area contributed by atoms with Crippen molar-refractivity contribution in [3.05, 3.63) is 18.1 Å². The van der Waals surface area contributed by atoms with Gasteiger partial charge in [-0.1, -0.05) is 6.92 Å². The van der Waals surface area contributed by atoms with Gasteiger partial charge in [0.15, 0.2) is 0 Å². The Morgan fingerprint density at radius 1 is 1.17 bits per heavy atom. The molecular formula is C12H22N4O2. The van der Waals surface area contributed by atoms with Crippen LogP contribution in [0.15, 0.2) is 12.4 Å². The van der Waals surface area contributed by atoms with E-state index in [2.05, 4.69) is 22.2 Å². The molecule has 1 aromatic heterocycles. The smallest absolute Gasteiger partial charge is 0.144 e. The molecule has 1 aromatic rings. The van der Waals surface area contributed by atoms with Gasteiger partial charge in [0, 0.05) is 26.2 Å². The molecule has 0 atom stereocenters. The van der Waals surface area contributed by atoms with Gasteiger partial charge in [-0.05, 0) is 6.42 Å². The van der Waals surface area contributed by atoms with Gasteiger partial charge in [0.2, 0.25) is 0 Å². The maximum atomic E-state index is 8.91. The van der Waals surface area contributed by atoms with Gasteiger partial charge in [-0.3, -0.25) is 9.88 Å². The molecule has 0 saturated heterocycles. The summed E-state index contributed by atoms with van der Waals surface area (Å²) in [4.78, 5) is 10.5. The van der Waals surface area contributed by atoms with Crippen molar-refractivity contribution in [2.75, 3.05) is 38.2 Å². The summed E-state index contributed by atoms with van der Waals surface area (Å²) in [7, 11) is 0. The number of hydrogen-bond donors (Lipinski definition) is 3. The molecule has 6 nitrogen and oxygen atoms in total. The number of aliphatic hydroxyl groups is 2. The standard InChI is InChI=1S/C12H22N4O2/c1-2-3-13-12-9-14-11(8-15-12)10-16(4-6-17)5-7-18/h8-9,17-18H,2-7,10H2,1H3,(H,13,15). The van der Waals surface area contributed by atoms with Crippen LogP contribution in [0.5, 0.6) is 0 Å². The first kappa shape index (κ1) is 14.8. The predicted molar refractivity (Wildman–Crippen MR) is 70.3 cm³/mol. The normalized spacial score (nSPS) is 10.9. The van der Waals surface area contributed by atoms with Crippen molar-refractivity contribution in [2.45, 2.75) is 19.9 Å². The third kappa shape index (κ3) is 5.39. The Bertz CT molecular complexity index is 312. The fraction of sp³-hybridized carbons (Fsp3) is 0.667. The zero-order chi connectivity index (χ0) is 13.2. The van der Waals surface area contributed by atoms with Gasteiger partial charge >= 0.3 is 0 Å². The van der Waals surface area contributed by atoms with Crippen LogP contribution in [0, 0.1) is 0 Å². The van der Waals surface area contributed by atoms with E-state index in [0.29, 0.717) is 19.6 Å². The molecule has 0 fully saturated rings. The van der Waals surface area contributed by atoms with Crippen LogP contribution in [0.4, 0.5) is 5.82 Å². The van der Waals surface area contributed by atoms with Crippen LogP contribution in [-0.2, 0) is 6.54 Å². The summed E-state index contributed by atoms with van der Waals surface area (Å²) in [6, 6.07) is 0. The molecule has 1 heterocycles. The van der Waals surface area contributed by atoms with E-state index in [1.807, 2.05) is 4.90 Å². The van der Waals surface area contributed by atoms with Crippen molar-refractivity contribution in [1.82, 2.24) is 14.9 Å². The molecule has 18 heavy (non-hydrogen) atoms. The lowest BCUT2D eigenvalue weighted by atomic mass is 10.3. The molecule has 0 aromatic carbocycles. The van der Waals surface area contributed by atoms with Gasteiger partial charge in [0.1, 0.15) is 5.82 Å². The largest absolute Gasteiger partial charge is 0.395 e. The van der Waals surface area contributed by atoms with Crippen LogP contribution in [0.25, 0.3) is 0 Å². The molecule has 0 aliphatic carbocycles. The van der Waals surface area contributed by atoms with E-state index >= 15 is 0 Å². The Morgan fingerprint density at radius 3 is 2.39 bits per heavy atom. The number of aromatic nitrogens is 2. The van der Waals surface area contributed by atoms with E-state index in [9.17, 15) is 0 Å². The third-order valence-electron chi connectivity index (χ3n) is 2.48. The molecule has 0 aliphatic heterocycles. The SMILES string of the molecule is CCCNc1cnc(CN(CCO)CCO)cn1. The highest BCUT2D eigenvalue weighted by Crippen LogP contribution is 2.04. The van der Waals surface area contributed by atoms with E-state index in [1.165, 1.54) is 0 Å². The molecule has 0 amide bonds. The highest BCUT2D eigenvalue weighted by Gasteiger charge is 2.06. The molecule has 0 radical (unpaired) electrons. The van der Waals surface area contributed by atoms with Crippen LogP contribution in [0.1, 0.15) is 19.0 Å². The molecule has 102 valence electrons. The summed E-state index contributed by atoms with van der Waals surface area (Å²) in [5, 5.41) is 21.0. The predicted octanol–water partition coefficient (Wildman–Crippen LogP) is 0.0851. The number of anilines is 1. The quantitative estimate of drug-likeness (QED) is 0.579. The van der Waals surface area contributed by atoms with Crippen molar-refractivity contribution in [3.8, 4) is 0 Å². The Balaban J connectivity index is 2.50. The average molecular weight is 254 g/mol. The monoisotopic (exact) mass is 254 g/mol. The first-order valence-electron chi connectivity index (χ1n) is 6.29. The van der Waals surface area contributed by atoms with Gasteiger partial charge in [-0.25, -0.2) is 4.98 Å². The van der Waals surface area contributed by atoms with Crippen molar-refractivity contribution in [3.63, 3.8) is 0 Å². The Hall–Kier alpha value is -1.24. The van der Waals surface area contributed by atoms with Gasteiger partial charge in [-0.15, -0.1) is 0 Å². The molecule has 1 rings (SSSR count). The Kier molecular flexibility index (Phi) is 7.24. The highest BCUT2D eigenvalue weighted by atomic mass is 16.3. The number of aliphatic hydroxyl groups excluding tert-OH is 2. The topological polar surface area (TPSA) is 81.5 Å². The van der Waals surface area contributed by atoms with Crippen molar-refractivity contribution in [2.24, 2.45) is 0 Å². The second-order valence-electron chi connectivity index (χ2n) is 4.04. The number of rotatable bonds is 9. The van der Waals surface area contributed by atoms with E-state index in [1.54, 1.807) is 12.4 Å². The number of nitrogens with one attached hydrogen (secondary N) is 1. The molecule has 6 heteroatoms. The molecule has 3 N–H and O–H groups in total. The van der Waals surface area contributed by atoms with Crippen LogP contribution < -0.4 is 5.32 Å². The zero-order valence-electron chi connectivity index (χ0n) is 10.8. The summed E-state index contributed by atoms with van der Waals surface area (Å²) >= 11 is 0. The Labute approximate surface area is 108 Å². The van der Waals surface area contributed by atoms with Gasteiger partial charge in [0.25, 0.3) is 0 Å². The fourth-order valence-corrected chi connectivity index (χ4v) is 1.56. The van der Waals surface area contributed by atoms with Crippen LogP contribution in [0.2, 0.25) is 0 Å². The van der Waals surface area contributed by atoms with E-state index in [4.69, 9.17) is 10.2 Å². The first-order chi connectivity index (χ1) is 8.80. The van der Waals surface area contributed by atoms with Crippen LogP contribution >= 0.6 is 0 Å². The Morgan fingerprint density at radius 2 is 1.89 bits per heavy atom. The second-order valence-corrected chi connectivity index (χ2v) is 4.04. The lowest BCUT2D eigenvalue weighted by Gasteiger charge is -2.19. The van der Waals surface area contributed by atoms with Gasteiger partial charge in [-0.2, -0.15) is 0 Å². The minimum Gasteiger partial charge on any atom is -0.395 e. The van der Waals surface area contributed by atoms with Crippen LogP contribution in [0.3, 0.4) is 0 Å². The van der Waals surface area contributed by atoms with Crippen molar-refractivity contribution >= 4 is 5.82 Å². The first-order valence-corrected chi connectivity index (χ1v) is 6.29. The lowest BCUT2D eigenvalue weighted by molar-refractivity contribution is 0.154. The van der Waals surface area contributed by atoms with Gasteiger partial charge < -0.3 is 15.5 Å². The molecule has 0 spiro atoms. The average Bonchev–Trinajstić information content (AvgIpc) is 2.38. The maximum absolute atomic E-state index is 8.91. The van der Waals surface area contributed by atoms with Gasteiger partial charge in [0.05, 0.1) is 31.3 Å². The third-order valence-corrected chi connectivity index (χ3v) is 2.48. The number of nitrogens with zero attached hydrogens (tertiary/aromatic N) is 3. The molecule has 0 saturated carbocycles. The van der Waals surface area contributed by atoms with E-state index in [0.717, 1.165) is 24.5 Å². The second kappa shape index (κ2) is 8.79. The summed E-state index contributed by atoms with van der Waals surface area (Å²) in [6.45, 7) is 4.76. The van der Waals surface area contributed by atoms with Crippen molar-refractivity contribution in [1.29, 1.82) is 0 Å². The molecule has 0 unspecified atom stereocenters. The lowest BCUT2D eigenvalue weighted by Crippen LogP contribution is -2.29. The van der Waals surface area contributed by atoms with Crippen molar-refractivity contribution < 1.29 is 10.2 Å². The molecule has 0 bridgehead atoms. The minimum absolute atomic E-state index is 0.0730. The highest BCUT2D eigenvalue weighted by molar-refractivity contribution is 5.30. The number of hydrogen-bond acceptors (Lipinski definition) is 6. The fourth-order valence-electron chi connectivity index (χ4n) is 1.56. The van der Waals surface area contributed by atoms with Crippen LogP contribution in [-0.4, -0.2) is 57.9 Å². The van der Waals surface area contributed by atoms with E-state index in [-0.39, 0.29) is 13.2 Å². The zero-order valence-corrected chi connectivity index (χ0v) is 10.8. The maximum Gasteiger partial charge on any atom is 0.144 e. The van der Waals surface area contributed by atoms with E-state index < -0.39 is 0 Å². The molecule has 0 aliphatic rings. The summed E-state index contributed by atoms with van der Waals surface area (Å²) in [5.74, 6) is 0.775. The minimum atomic E-state index is 0.0730. The molecular weight excluding hydrogens is 232 g/mol.